The molecule has 1 fully saturated rings. The number of amides is 1. The maximum absolute atomic E-state index is 12.8. The highest BCUT2D eigenvalue weighted by molar-refractivity contribution is 5.82. The SMILES string of the molecule is CCC1CN(C(=O)C2Cc3ccccc3CN2)CCN1C. The summed E-state index contributed by atoms with van der Waals surface area (Å²) < 4.78 is 0. The minimum atomic E-state index is -0.0548. The van der Waals surface area contributed by atoms with E-state index in [1.54, 1.807) is 0 Å². The van der Waals surface area contributed by atoms with Crippen LogP contribution in [0.2, 0.25) is 0 Å². The van der Waals surface area contributed by atoms with Gasteiger partial charge in [0.1, 0.15) is 0 Å². The standard InChI is InChI=1S/C17H25N3O/c1-3-15-12-20(9-8-19(15)2)17(21)16-10-13-6-4-5-7-14(13)11-18-16/h4-7,15-16,18H,3,8-12H2,1-2H3. The van der Waals surface area contributed by atoms with Gasteiger partial charge in [-0.15, -0.1) is 0 Å². The van der Waals surface area contributed by atoms with Crippen molar-refractivity contribution >= 4 is 5.91 Å². The fourth-order valence-corrected chi connectivity index (χ4v) is 3.44. The van der Waals surface area contributed by atoms with Crippen LogP contribution in [0.4, 0.5) is 0 Å². The Hall–Kier alpha value is -1.39. The quantitative estimate of drug-likeness (QED) is 0.889. The second-order valence-electron chi connectivity index (χ2n) is 6.23. The largest absolute Gasteiger partial charge is 0.338 e. The Balaban J connectivity index is 1.67. The van der Waals surface area contributed by atoms with E-state index in [9.17, 15) is 4.79 Å². The molecule has 0 bridgehead atoms. The van der Waals surface area contributed by atoms with E-state index in [2.05, 4.69) is 53.4 Å². The predicted octanol–water partition coefficient (Wildman–Crippen LogP) is 1.25. The molecule has 2 aliphatic rings. The number of rotatable bonds is 2. The average Bonchev–Trinajstić information content (AvgIpc) is 2.54. The van der Waals surface area contributed by atoms with Crippen molar-refractivity contribution in [1.29, 1.82) is 0 Å². The van der Waals surface area contributed by atoms with Crippen molar-refractivity contribution in [1.82, 2.24) is 15.1 Å². The Morgan fingerprint density at radius 3 is 2.81 bits per heavy atom. The summed E-state index contributed by atoms with van der Waals surface area (Å²) in [6.45, 7) is 5.70. The first kappa shape index (κ1) is 14.5. The molecule has 0 aromatic heterocycles. The lowest BCUT2D eigenvalue weighted by Crippen LogP contribution is -2.57. The van der Waals surface area contributed by atoms with Gasteiger partial charge in [0.2, 0.25) is 5.91 Å². The lowest BCUT2D eigenvalue weighted by Gasteiger charge is -2.41. The van der Waals surface area contributed by atoms with Gasteiger partial charge in [0.15, 0.2) is 0 Å². The van der Waals surface area contributed by atoms with E-state index in [4.69, 9.17) is 0 Å². The molecule has 0 aliphatic carbocycles. The molecule has 2 aliphatic heterocycles. The minimum absolute atomic E-state index is 0.0548. The van der Waals surface area contributed by atoms with Crippen LogP contribution in [-0.2, 0) is 17.8 Å². The number of hydrogen-bond acceptors (Lipinski definition) is 3. The summed E-state index contributed by atoms with van der Waals surface area (Å²) in [4.78, 5) is 17.2. The summed E-state index contributed by atoms with van der Waals surface area (Å²) >= 11 is 0. The van der Waals surface area contributed by atoms with E-state index in [1.165, 1.54) is 11.1 Å². The summed E-state index contributed by atoms with van der Waals surface area (Å²) in [6.07, 6.45) is 1.92. The van der Waals surface area contributed by atoms with E-state index in [0.717, 1.165) is 39.0 Å². The van der Waals surface area contributed by atoms with Gasteiger partial charge in [0.25, 0.3) is 0 Å². The third-order valence-electron chi connectivity index (χ3n) is 4.94. The van der Waals surface area contributed by atoms with Crippen LogP contribution in [0, 0.1) is 0 Å². The van der Waals surface area contributed by atoms with Crippen molar-refractivity contribution < 1.29 is 4.79 Å². The lowest BCUT2D eigenvalue weighted by molar-refractivity contribution is -0.136. The van der Waals surface area contributed by atoms with E-state index < -0.39 is 0 Å². The monoisotopic (exact) mass is 287 g/mol. The molecule has 4 heteroatoms. The fourth-order valence-electron chi connectivity index (χ4n) is 3.44. The number of benzene rings is 1. The molecule has 114 valence electrons. The molecule has 0 saturated carbocycles. The highest BCUT2D eigenvalue weighted by atomic mass is 16.2. The Morgan fingerprint density at radius 2 is 2.05 bits per heavy atom. The number of hydrogen-bond donors (Lipinski definition) is 1. The molecule has 1 amide bonds. The number of carbonyl (C=O) groups excluding carboxylic acids is 1. The summed E-state index contributed by atoms with van der Waals surface area (Å²) in [5, 5.41) is 3.41. The predicted molar refractivity (Wildman–Crippen MR) is 84.1 cm³/mol. The molecule has 1 saturated heterocycles. The Kier molecular flexibility index (Phi) is 4.27. The second-order valence-corrected chi connectivity index (χ2v) is 6.23. The van der Waals surface area contributed by atoms with Crippen LogP contribution in [0.15, 0.2) is 24.3 Å². The van der Waals surface area contributed by atoms with E-state index >= 15 is 0 Å². The van der Waals surface area contributed by atoms with E-state index in [1.807, 2.05) is 0 Å². The van der Waals surface area contributed by atoms with Gasteiger partial charge >= 0.3 is 0 Å². The van der Waals surface area contributed by atoms with Crippen molar-refractivity contribution in [3.05, 3.63) is 35.4 Å². The van der Waals surface area contributed by atoms with Crippen LogP contribution >= 0.6 is 0 Å². The fraction of sp³-hybridized carbons (Fsp3) is 0.588. The Bertz CT molecular complexity index is 517. The van der Waals surface area contributed by atoms with Gasteiger partial charge in [-0.1, -0.05) is 31.2 Å². The molecule has 1 aromatic rings. The normalized spacial score (nSPS) is 26.5. The van der Waals surface area contributed by atoms with Crippen LogP contribution in [-0.4, -0.2) is 54.5 Å². The molecule has 0 radical (unpaired) electrons. The van der Waals surface area contributed by atoms with Crippen LogP contribution in [0.3, 0.4) is 0 Å². The third kappa shape index (κ3) is 2.97. The van der Waals surface area contributed by atoms with Crippen molar-refractivity contribution in [2.75, 3.05) is 26.7 Å². The minimum Gasteiger partial charge on any atom is -0.338 e. The summed E-state index contributed by atoms with van der Waals surface area (Å²) in [7, 11) is 2.16. The number of carbonyl (C=O) groups is 1. The zero-order valence-corrected chi connectivity index (χ0v) is 13.0. The van der Waals surface area contributed by atoms with Gasteiger partial charge in [-0.2, -0.15) is 0 Å². The molecule has 3 rings (SSSR count). The zero-order chi connectivity index (χ0) is 14.8. The Morgan fingerprint density at radius 1 is 1.29 bits per heavy atom. The number of fused-ring (bicyclic) bond motifs is 1. The highest BCUT2D eigenvalue weighted by Crippen LogP contribution is 2.19. The zero-order valence-electron chi connectivity index (χ0n) is 13.0. The topological polar surface area (TPSA) is 35.6 Å². The molecule has 2 atom stereocenters. The maximum atomic E-state index is 12.8. The molecule has 2 heterocycles. The van der Waals surface area contributed by atoms with Gasteiger partial charge in [-0.05, 0) is 31.0 Å². The van der Waals surface area contributed by atoms with Crippen LogP contribution < -0.4 is 5.32 Å². The van der Waals surface area contributed by atoms with Crippen LogP contribution in [0.25, 0.3) is 0 Å². The molecule has 4 nitrogen and oxygen atoms in total. The van der Waals surface area contributed by atoms with Gasteiger partial charge < -0.3 is 10.2 Å². The maximum Gasteiger partial charge on any atom is 0.240 e. The number of likely N-dealkylation sites (N-methyl/N-ethyl adjacent to an activating group) is 1. The van der Waals surface area contributed by atoms with Crippen molar-refractivity contribution in [2.24, 2.45) is 0 Å². The molecular formula is C17H25N3O. The Labute approximate surface area is 127 Å². The molecule has 21 heavy (non-hydrogen) atoms. The van der Waals surface area contributed by atoms with E-state index in [-0.39, 0.29) is 11.9 Å². The van der Waals surface area contributed by atoms with Gasteiger partial charge in [0.05, 0.1) is 6.04 Å². The molecular weight excluding hydrogens is 262 g/mol. The first-order chi connectivity index (χ1) is 10.2. The average molecular weight is 287 g/mol. The van der Waals surface area contributed by atoms with Crippen molar-refractivity contribution in [3.8, 4) is 0 Å². The van der Waals surface area contributed by atoms with Crippen LogP contribution in [0.5, 0.6) is 0 Å². The van der Waals surface area contributed by atoms with Crippen LogP contribution in [0.1, 0.15) is 24.5 Å². The van der Waals surface area contributed by atoms with E-state index in [0.29, 0.717) is 6.04 Å². The third-order valence-corrected chi connectivity index (χ3v) is 4.94. The first-order valence-electron chi connectivity index (χ1n) is 7.98. The molecule has 0 spiro atoms. The smallest absolute Gasteiger partial charge is 0.240 e. The van der Waals surface area contributed by atoms with Gasteiger partial charge in [-0.3, -0.25) is 9.69 Å². The van der Waals surface area contributed by atoms with Gasteiger partial charge in [-0.25, -0.2) is 0 Å². The number of piperazine rings is 1. The highest BCUT2D eigenvalue weighted by Gasteiger charge is 2.32. The molecule has 1 N–H and O–H groups in total. The lowest BCUT2D eigenvalue weighted by atomic mass is 9.95. The van der Waals surface area contributed by atoms with Gasteiger partial charge in [0, 0.05) is 32.2 Å². The summed E-state index contributed by atoms with van der Waals surface area (Å²) in [6, 6.07) is 8.87. The van der Waals surface area contributed by atoms with Crippen molar-refractivity contribution in [3.63, 3.8) is 0 Å². The summed E-state index contributed by atoms with van der Waals surface area (Å²) in [5.41, 5.74) is 2.64. The second kappa shape index (κ2) is 6.16. The van der Waals surface area contributed by atoms with Crippen molar-refractivity contribution in [2.45, 2.75) is 38.4 Å². The summed E-state index contributed by atoms with van der Waals surface area (Å²) in [5.74, 6) is 0.274. The molecule has 1 aromatic carbocycles. The number of nitrogens with zero attached hydrogens (tertiary/aromatic N) is 2. The molecule has 2 unspecified atom stereocenters. The first-order valence-corrected chi connectivity index (χ1v) is 7.98. The number of nitrogens with one attached hydrogen (secondary N) is 1.